The van der Waals surface area contributed by atoms with Gasteiger partial charge in [0.1, 0.15) is 11.5 Å². The molecule has 4 nitrogen and oxygen atoms in total. The van der Waals surface area contributed by atoms with Crippen molar-refractivity contribution in [3.8, 4) is 11.5 Å². The average Bonchev–Trinajstić information content (AvgIpc) is 3.67. The van der Waals surface area contributed by atoms with Crippen LogP contribution in [0.5, 0.6) is 11.5 Å². The summed E-state index contributed by atoms with van der Waals surface area (Å²) < 4.78 is 30.3. The SMILES string of the molecule is COc1ccc(C2=C(c3ccc(OC)cc3)N(c3ccccc3)P(=O)(c3cccs3)c3sccc32)cc1. The molecule has 0 saturated heterocycles. The van der Waals surface area contributed by atoms with Crippen molar-refractivity contribution in [3.05, 3.63) is 125 Å². The van der Waals surface area contributed by atoms with E-state index in [0.717, 1.165) is 54.4 Å². The minimum absolute atomic E-state index is 0.773. The van der Waals surface area contributed by atoms with Gasteiger partial charge in [0, 0.05) is 16.8 Å². The second-order valence-corrected chi connectivity index (χ2v) is 13.4. The Morgan fingerprint density at radius 2 is 1.32 bits per heavy atom. The number of para-hydroxylation sites is 1. The standard InChI is InChI=1S/C30H24NO3PS2/c1-33-24-14-10-21(11-15-24)28-26-18-20-37-30(26)35(32,27-9-6-19-36-27)31(23-7-4-3-5-8-23)29(28)22-12-16-25(34-2)17-13-22/h3-20H,1-2H3. The molecule has 2 aromatic heterocycles. The summed E-state index contributed by atoms with van der Waals surface area (Å²) in [6.07, 6.45) is 0. The van der Waals surface area contributed by atoms with Crippen LogP contribution in [0, 0.1) is 0 Å². The first-order valence-electron chi connectivity index (χ1n) is 11.8. The molecular formula is C30H24NO3PS2. The third-order valence-electron chi connectivity index (χ3n) is 6.47. The fourth-order valence-electron chi connectivity index (χ4n) is 4.76. The lowest BCUT2D eigenvalue weighted by molar-refractivity contribution is 0.414. The Labute approximate surface area is 224 Å². The predicted octanol–water partition coefficient (Wildman–Crippen LogP) is 7.49. The number of ether oxygens (including phenoxy) is 2. The van der Waals surface area contributed by atoms with Crippen LogP contribution in [0.2, 0.25) is 0 Å². The van der Waals surface area contributed by atoms with Crippen molar-refractivity contribution >= 4 is 56.2 Å². The molecule has 0 aliphatic carbocycles. The van der Waals surface area contributed by atoms with Crippen LogP contribution in [-0.4, -0.2) is 14.2 Å². The molecule has 3 aromatic carbocycles. The number of thiophene rings is 2. The van der Waals surface area contributed by atoms with E-state index in [0.29, 0.717) is 0 Å². The van der Waals surface area contributed by atoms with E-state index in [4.69, 9.17) is 9.47 Å². The molecule has 3 heterocycles. The lowest BCUT2D eigenvalue weighted by Gasteiger charge is -2.40. The minimum Gasteiger partial charge on any atom is -0.497 e. The van der Waals surface area contributed by atoms with Gasteiger partial charge in [0.2, 0.25) is 0 Å². The summed E-state index contributed by atoms with van der Waals surface area (Å²) in [5.74, 6) is 1.57. The van der Waals surface area contributed by atoms with Crippen molar-refractivity contribution in [1.29, 1.82) is 0 Å². The van der Waals surface area contributed by atoms with E-state index in [1.807, 2.05) is 84.2 Å². The molecule has 7 heteroatoms. The molecule has 0 spiro atoms. The number of nitrogens with zero attached hydrogens (tertiary/aromatic N) is 1. The molecule has 0 bridgehead atoms. The molecule has 1 unspecified atom stereocenters. The first-order chi connectivity index (χ1) is 18.1. The number of rotatable bonds is 6. The number of hydrogen-bond donors (Lipinski definition) is 0. The fraction of sp³-hybridized carbons (Fsp3) is 0.0667. The Balaban J connectivity index is 1.74. The largest absolute Gasteiger partial charge is 0.497 e. The topological polar surface area (TPSA) is 38.8 Å². The zero-order valence-corrected chi connectivity index (χ0v) is 22.9. The number of fused-ring (bicyclic) bond motifs is 1. The molecule has 0 saturated carbocycles. The summed E-state index contributed by atoms with van der Waals surface area (Å²) in [5, 5.41) is 4.05. The molecule has 0 radical (unpaired) electrons. The highest BCUT2D eigenvalue weighted by atomic mass is 32.1. The van der Waals surface area contributed by atoms with Crippen LogP contribution in [0.25, 0.3) is 11.3 Å². The first-order valence-corrected chi connectivity index (χ1v) is 15.2. The van der Waals surface area contributed by atoms with Crippen LogP contribution in [0.3, 0.4) is 0 Å². The average molecular weight is 542 g/mol. The van der Waals surface area contributed by atoms with Gasteiger partial charge >= 0.3 is 0 Å². The van der Waals surface area contributed by atoms with E-state index in [2.05, 4.69) is 28.2 Å². The van der Waals surface area contributed by atoms with Gasteiger partial charge in [-0.05, 0) is 82.6 Å². The monoisotopic (exact) mass is 541 g/mol. The maximum absolute atomic E-state index is 15.6. The van der Waals surface area contributed by atoms with Gasteiger partial charge in [0.05, 0.1) is 29.2 Å². The molecule has 5 aromatic rings. The molecule has 1 atom stereocenters. The van der Waals surface area contributed by atoms with E-state index in [-0.39, 0.29) is 0 Å². The fourth-order valence-corrected chi connectivity index (χ4v) is 10.9. The smallest absolute Gasteiger partial charge is 0.253 e. The van der Waals surface area contributed by atoms with E-state index in [9.17, 15) is 0 Å². The zero-order chi connectivity index (χ0) is 25.4. The van der Waals surface area contributed by atoms with Crippen molar-refractivity contribution in [1.82, 2.24) is 0 Å². The van der Waals surface area contributed by atoms with Crippen molar-refractivity contribution in [2.24, 2.45) is 0 Å². The first kappa shape index (κ1) is 23.8. The molecule has 1 aliphatic heterocycles. The van der Waals surface area contributed by atoms with Gasteiger partial charge in [-0.1, -0.05) is 36.4 Å². The van der Waals surface area contributed by atoms with E-state index >= 15 is 4.57 Å². The van der Waals surface area contributed by atoms with Gasteiger partial charge in [-0.2, -0.15) is 0 Å². The lowest BCUT2D eigenvalue weighted by atomic mass is 9.94. The van der Waals surface area contributed by atoms with Crippen molar-refractivity contribution in [2.45, 2.75) is 0 Å². The summed E-state index contributed by atoms with van der Waals surface area (Å²) >= 11 is 3.10. The molecule has 1 aliphatic rings. The van der Waals surface area contributed by atoms with Gasteiger partial charge in [-0.15, -0.1) is 22.7 Å². The van der Waals surface area contributed by atoms with Gasteiger partial charge < -0.3 is 9.47 Å². The quantitative estimate of drug-likeness (QED) is 0.209. The summed E-state index contributed by atoms with van der Waals surface area (Å²) in [6.45, 7) is 0. The molecule has 37 heavy (non-hydrogen) atoms. The normalized spacial score (nSPS) is 17.0. The highest BCUT2D eigenvalue weighted by Gasteiger charge is 2.46. The number of hydrogen-bond acceptors (Lipinski definition) is 5. The summed E-state index contributed by atoms with van der Waals surface area (Å²) in [6, 6.07) is 32.2. The van der Waals surface area contributed by atoms with Gasteiger partial charge in [-0.3, -0.25) is 9.24 Å². The zero-order valence-electron chi connectivity index (χ0n) is 20.3. The van der Waals surface area contributed by atoms with Crippen LogP contribution in [0.1, 0.15) is 16.7 Å². The Morgan fingerprint density at radius 3 is 1.92 bits per heavy atom. The molecule has 0 fully saturated rings. The molecule has 6 rings (SSSR count). The van der Waals surface area contributed by atoms with Crippen LogP contribution >= 0.6 is 30.0 Å². The summed E-state index contributed by atoms with van der Waals surface area (Å²) in [7, 11) is 0.0838. The lowest BCUT2D eigenvalue weighted by Crippen LogP contribution is -2.34. The Hall–Kier alpha value is -3.57. The highest BCUT2D eigenvalue weighted by molar-refractivity contribution is 7.88. The molecule has 0 N–H and O–H groups in total. The maximum Gasteiger partial charge on any atom is 0.253 e. The number of benzene rings is 3. The van der Waals surface area contributed by atoms with Crippen molar-refractivity contribution < 1.29 is 14.0 Å². The second kappa shape index (κ2) is 9.71. The van der Waals surface area contributed by atoms with Crippen LogP contribution < -0.4 is 23.4 Å². The van der Waals surface area contributed by atoms with E-state index in [1.165, 1.54) is 0 Å². The van der Waals surface area contributed by atoms with Crippen molar-refractivity contribution in [3.63, 3.8) is 0 Å². The number of anilines is 1. The predicted molar refractivity (Wildman–Crippen MR) is 156 cm³/mol. The van der Waals surface area contributed by atoms with Gasteiger partial charge in [0.25, 0.3) is 7.29 Å². The Morgan fingerprint density at radius 1 is 0.676 bits per heavy atom. The maximum atomic E-state index is 15.6. The molecular weight excluding hydrogens is 517 g/mol. The third-order valence-corrected chi connectivity index (χ3v) is 12.5. The van der Waals surface area contributed by atoms with E-state index < -0.39 is 7.29 Å². The third kappa shape index (κ3) is 3.93. The number of methoxy groups -OCH3 is 2. The van der Waals surface area contributed by atoms with Crippen LogP contribution in [-0.2, 0) is 4.57 Å². The van der Waals surface area contributed by atoms with Crippen LogP contribution in [0.4, 0.5) is 5.69 Å². The molecule has 184 valence electrons. The molecule has 0 amide bonds. The Bertz CT molecular complexity index is 1610. The second-order valence-electron chi connectivity index (χ2n) is 8.49. The van der Waals surface area contributed by atoms with Crippen molar-refractivity contribution in [2.75, 3.05) is 18.9 Å². The Kier molecular flexibility index (Phi) is 6.25. The highest BCUT2D eigenvalue weighted by Crippen LogP contribution is 2.61. The minimum atomic E-state index is -3.25. The van der Waals surface area contributed by atoms with Gasteiger partial charge in [0.15, 0.2) is 0 Å². The van der Waals surface area contributed by atoms with E-state index in [1.54, 1.807) is 36.9 Å². The van der Waals surface area contributed by atoms with Gasteiger partial charge in [-0.25, -0.2) is 0 Å². The van der Waals surface area contributed by atoms with Crippen LogP contribution in [0.15, 0.2) is 108 Å². The summed E-state index contributed by atoms with van der Waals surface area (Å²) in [4.78, 5) is 0. The summed E-state index contributed by atoms with van der Waals surface area (Å²) in [5.41, 5.74) is 5.83.